The minimum Gasteiger partial charge on any atom is -0.465 e. The van der Waals surface area contributed by atoms with Gasteiger partial charge in [0.2, 0.25) is 0 Å². The van der Waals surface area contributed by atoms with Gasteiger partial charge in [0.15, 0.2) is 0 Å². The average Bonchev–Trinajstić information content (AvgIpc) is 3.02. The third-order valence-corrected chi connectivity index (χ3v) is 3.59. The summed E-state index contributed by atoms with van der Waals surface area (Å²) in [6.07, 6.45) is 0. The number of aryl methyl sites for hydroxylation is 2. The summed E-state index contributed by atoms with van der Waals surface area (Å²) in [7, 11) is 1.31. The van der Waals surface area contributed by atoms with Gasteiger partial charge in [0.05, 0.1) is 18.7 Å². The second-order valence-corrected chi connectivity index (χ2v) is 5.26. The molecule has 2 N–H and O–H groups in total. The first-order valence-electron chi connectivity index (χ1n) is 6.99. The fraction of sp³-hybridized carbons (Fsp3) is 0.375. The molecule has 2 aromatic rings. The number of methoxy groups -OCH3 is 1. The highest BCUT2D eigenvalue weighted by atomic mass is 16.5. The SMILES string of the molecule is COC(=O)c1c(C)[nH]c(C(=O)N[C@H](C)c2ccc(C)o2)c1C. The van der Waals surface area contributed by atoms with Gasteiger partial charge in [-0.2, -0.15) is 0 Å². The molecule has 0 aliphatic heterocycles. The molecule has 1 atom stereocenters. The van der Waals surface area contributed by atoms with Crippen molar-refractivity contribution in [2.75, 3.05) is 7.11 Å². The van der Waals surface area contributed by atoms with Gasteiger partial charge in [0, 0.05) is 5.69 Å². The van der Waals surface area contributed by atoms with Gasteiger partial charge < -0.3 is 19.5 Å². The van der Waals surface area contributed by atoms with Crippen LogP contribution in [0.2, 0.25) is 0 Å². The zero-order valence-electron chi connectivity index (χ0n) is 13.4. The van der Waals surface area contributed by atoms with Gasteiger partial charge in [0.1, 0.15) is 17.2 Å². The van der Waals surface area contributed by atoms with E-state index in [4.69, 9.17) is 9.15 Å². The predicted octanol–water partition coefficient (Wildman–Crippen LogP) is 2.81. The topological polar surface area (TPSA) is 84.3 Å². The minimum absolute atomic E-state index is 0.272. The van der Waals surface area contributed by atoms with Crippen molar-refractivity contribution in [1.82, 2.24) is 10.3 Å². The van der Waals surface area contributed by atoms with E-state index in [1.807, 2.05) is 26.0 Å². The van der Waals surface area contributed by atoms with Gasteiger partial charge in [-0.3, -0.25) is 4.79 Å². The largest absolute Gasteiger partial charge is 0.465 e. The fourth-order valence-corrected chi connectivity index (χ4v) is 2.41. The number of hydrogen-bond donors (Lipinski definition) is 2. The van der Waals surface area contributed by atoms with Crippen molar-refractivity contribution in [2.45, 2.75) is 33.7 Å². The summed E-state index contributed by atoms with van der Waals surface area (Å²) in [4.78, 5) is 27.1. The van der Waals surface area contributed by atoms with Crippen LogP contribution in [0.25, 0.3) is 0 Å². The van der Waals surface area contributed by atoms with Gasteiger partial charge in [-0.25, -0.2) is 4.79 Å². The number of furan rings is 1. The Morgan fingerprint density at radius 2 is 1.95 bits per heavy atom. The van der Waals surface area contributed by atoms with Crippen LogP contribution in [0.15, 0.2) is 16.5 Å². The number of amides is 1. The number of ether oxygens (including phenoxy) is 1. The summed E-state index contributed by atoms with van der Waals surface area (Å²) in [5, 5.41) is 2.85. The van der Waals surface area contributed by atoms with E-state index in [-0.39, 0.29) is 11.9 Å². The van der Waals surface area contributed by atoms with Crippen LogP contribution < -0.4 is 5.32 Å². The summed E-state index contributed by atoms with van der Waals surface area (Å²) in [6, 6.07) is 3.40. The molecule has 6 nitrogen and oxygen atoms in total. The lowest BCUT2D eigenvalue weighted by Gasteiger charge is -2.11. The first kappa shape index (κ1) is 15.9. The number of aromatic amines is 1. The van der Waals surface area contributed by atoms with Crippen molar-refractivity contribution >= 4 is 11.9 Å². The van der Waals surface area contributed by atoms with E-state index >= 15 is 0 Å². The molecule has 0 aliphatic carbocycles. The molecule has 118 valence electrons. The fourth-order valence-electron chi connectivity index (χ4n) is 2.41. The van der Waals surface area contributed by atoms with Crippen molar-refractivity contribution in [2.24, 2.45) is 0 Å². The molecule has 6 heteroatoms. The summed E-state index contributed by atoms with van der Waals surface area (Å²) in [5.74, 6) is 0.716. The smallest absolute Gasteiger partial charge is 0.339 e. The van der Waals surface area contributed by atoms with E-state index < -0.39 is 5.97 Å². The van der Waals surface area contributed by atoms with E-state index in [1.54, 1.807) is 13.8 Å². The Morgan fingerprint density at radius 3 is 2.50 bits per heavy atom. The molecule has 0 fully saturated rings. The van der Waals surface area contributed by atoms with Crippen molar-refractivity contribution in [1.29, 1.82) is 0 Å². The van der Waals surface area contributed by atoms with Crippen LogP contribution in [0.3, 0.4) is 0 Å². The monoisotopic (exact) mass is 304 g/mol. The van der Waals surface area contributed by atoms with Gasteiger partial charge in [0.25, 0.3) is 5.91 Å². The lowest BCUT2D eigenvalue weighted by Crippen LogP contribution is -2.27. The Hall–Kier alpha value is -2.50. The molecule has 0 aliphatic rings. The molecular weight excluding hydrogens is 284 g/mol. The van der Waals surface area contributed by atoms with Crippen molar-refractivity contribution in [3.63, 3.8) is 0 Å². The van der Waals surface area contributed by atoms with Crippen LogP contribution in [0, 0.1) is 20.8 Å². The second kappa shape index (κ2) is 6.09. The quantitative estimate of drug-likeness (QED) is 0.851. The first-order valence-corrected chi connectivity index (χ1v) is 6.99. The Kier molecular flexibility index (Phi) is 4.40. The van der Waals surface area contributed by atoms with E-state index in [0.717, 1.165) is 5.76 Å². The predicted molar refractivity (Wildman–Crippen MR) is 80.9 cm³/mol. The Balaban J connectivity index is 2.21. The number of esters is 1. The molecule has 2 aromatic heterocycles. The van der Waals surface area contributed by atoms with Crippen LogP contribution in [0.4, 0.5) is 0 Å². The zero-order valence-corrected chi connectivity index (χ0v) is 13.4. The average molecular weight is 304 g/mol. The molecule has 2 heterocycles. The number of carbonyl (C=O) groups excluding carboxylic acids is 2. The van der Waals surface area contributed by atoms with Crippen LogP contribution in [-0.4, -0.2) is 24.0 Å². The van der Waals surface area contributed by atoms with Gasteiger partial charge in [-0.1, -0.05) is 0 Å². The summed E-state index contributed by atoms with van der Waals surface area (Å²) >= 11 is 0. The molecule has 0 saturated heterocycles. The third kappa shape index (κ3) is 2.90. The van der Waals surface area contributed by atoms with E-state index in [1.165, 1.54) is 7.11 Å². The molecule has 22 heavy (non-hydrogen) atoms. The highest BCUT2D eigenvalue weighted by Gasteiger charge is 2.23. The maximum absolute atomic E-state index is 12.4. The number of rotatable bonds is 4. The Bertz CT molecular complexity index is 712. The van der Waals surface area contributed by atoms with Crippen LogP contribution >= 0.6 is 0 Å². The number of aromatic nitrogens is 1. The normalized spacial score (nSPS) is 12.0. The lowest BCUT2D eigenvalue weighted by molar-refractivity contribution is 0.0599. The number of nitrogens with one attached hydrogen (secondary N) is 2. The highest BCUT2D eigenvalue weighted by molar-refractivity contribution is 6.00. The van der Waals surface area contributed by atoms with E-state index in [9.17, 15) is 9.59 Å². The molecule has 0 radical (unpaired) electrons. The summed E-state index contributed by atoms with van der Waals surface area (Å²) < 4.78 is 10.2. The highest BCUT2D eigenvalue weighted by Crippen LogP contribution is 2.21. The maximum Gasteiger partial charge on any atom is 0.339 e. The maximum atomic E-state index is 12.4. The molecule has 0 bridgehead atoms. The first-order chi connectivity index (χ1) is 10.3. The van der Waals surface area contributed by atoms with Crippen molar-refractivity contribution < 1.29 is 18.7 Å². The lowest BCUT2D eigenvalue weighted by atomic mass is 10.1. The Morgan fingerprint density at radius 1 is 1.27 bits per heavy atom. The zero-order chi connectivity index (χ0) is 16.4. The van der Waals surface area contributed by atoms with Crippen molar-refractivity contribution in [3.8, 4) is 0 Å². The third-order valence-electron chi connectivity index (χ3n) is 3.59. The molecule has 2 rings (SSSR count). The van der Waals surface area contributed by atoms with E-state index in [2.05, 4.69) is 10.3 Å². The molecule has 0 spiro atoms. The molecular formula is C16H20N2O4. The van der Waals surface area contributed by atoms with Crippen LogP contribution in [-0.2, 0) is 4.74 Å². The molecule has 1 amide bonds. The van der Waals surface area contributed by atoms with Gasteiger partial charge >= 0.3 is 5.97 Å². The van der Waals surface area contributed by atoms with Crippen LogP contribution in [0.1, 0.15) is 56.6 Å². The second-order valence-electron chi connectivity index (χ2n) is 5.26. The minimum atomic E-state index is -0.458. The number of hydrogen-bond acceptors (Lipinski definition) is 4. The van der Waals surface area contributed by atoms with Gasteiger partial charge in [-0.15, -0.1) is 0 Å². The van der Waals surface area contributed by atoms with Crippen molar-refractivity contribution in [3.05, 3.63) is 46.2 Å². The van der Waals surface area contributed by atoms with Crippen LogP contribution in [0.5, 0.6) is 0 Å². The number of H-pyrrole nitrogens is 1. The van der Waals surface area contributed by atoms with Gasteiger partial charge in [-0.05, 0) is 45.4 Å². The Labute approximate surface area is 128 Å². The summed E-state index contributed by atoms with van der Waals surface area (Å²) in [6.45, 7) is 7.13. The van der Waals surface area contributed by atoms with E-state index in [0.29, 0.717) is 28.3 Å². The molecule has 0 unspecified atom stereocenters. The molecule has 0 saturated carbocycles. The molecule has 0 aromatic carbocycles. The summed E-state index contributed by atoms with van der Waals surface area (Å²) in [5.41, 5.74) is 1.93. The standard InChI is InChI=1S/C16H20N2O4/c1-8-6-7-12(22-8)10(3)18-15(19)14-9(2)13(11(4)17-14)16(20)21-5/h6-7,10,17H,1-5H3,(H,18,19)/t10-/m1/s1. The number of carbonyl (C=O) groups is 2.